The smallest absolute Gasteiger partial charge is 0.237 e. The lowest BCUT2D eigenvalue weighted by Crippen LogP contribution is -2.44. The highest BCUT2D eigenvalue weighted by Gasteiger charge is 2.29. The maximum Gasteiger partial charge on any atom is 0.237 e. The molecule has 18 heavy (non-hydrogen) atoms. The minimum Gasteiger partial charge on any atom is -0.348 e. The molecule has 1 aliphatic heterocycles. The molecule has 0 bridgehead atoms. The minimum atomic E-state index is -0.0558. The van der Waals surface area contributed by atoms with Gasteiger partial charge in [-0.25, -0.2) is 0 Å². The molecule has 1 aromatic rings. The second kappa shape index (κ2) is 5.72. The summed E-state index contributed by atoms with van der Waals surface area (Å²) in [5.74, 6) is 0.491. The van der Waals surface area contributed by atoms with Crippen LogP contribution in [0.2, 0.25) is 5.02 Å². The van der Waals surface area contributed by atoms with Gasteiger partial charge in [0.2, 0.25) is 5.91 Å². The zero-order valence-corrected chi connectivity index (χ0v) is 11.5. The van der Waals surface area contributed by atoms with Crippen molar-refractivity contribution in [3.8, 4) is 0 Å². The topological polar surface area (TPSA) is 41.1 Å². The molecule has 1 aromatic carbocycles. The molecule has 0 aliphatic carbocycles. The van der Waals surface area contributed by atoms with E-state index in [2.05, 4.69) is 17.6 Å². The highest BCUT2D eigenvalue weighted by atomic mass is 35.5. The molecule has 1 heterocycles. The van der Waals surface area contributed by atoms with Crippen molar-refractivity contribution >= 4 is 17.5 Å². The van der Waals surface area contributed by atoms with Crippen LogP contribution < -0.4 is 10.6 Å². The van der Waals surface area contributed by atoms with Gasteiger partial charge in [0.1, 0.15) is 0 Å². The van der Waals surface area contributed by atoms with E-state index in [-0.39, 0.29) is 18.0 Å². The second-order valence-electron chi connectivity index (χ2n) is 4.98. The Balaban J connectivity index is 1.96. The van der Waals surface area contributed by atoms with Crippen molar-refractivity contribution in [3.05, 3.63) is 34.9 Å². The van der Waals surface area contributed by atoms with Crippen LogP contribution in [-0.4, -0.2) is 18.5 Å². The van der Waals surface area contributed by atoms with Gasteiger partial charge in [-0.3, -0.25) is 4.79 Å². The Labute approximate surface area is 113 Å². The van der Waals surface area contributed by atoms with Crippen molar-refractivity contribution < 1.29 is 4.79 Å². The van der Waals surface area contributed by atoms with Crippen LogP contribution in [0.15, 0.2) is 24.3 Å². The van der Waals surface area contributed by atoms with Crippen molar-refractivity contribution in [2.45, 2.75) is 32.4 Å². The Morgan fingerprint density at radius 1 is 1.44 bits per heavy atom. The number of benzene rings is 1. The molecule has 98 valence electrons. The molecule has 2 N–H and O–H groups in total. The summed E-state index contributed by atoms with van der Waals surface area (Å²) < 4.78 is 0. The zero-order chi connectivity index (χ0) is 13.1. The van der Waals surface area contributed by atoms with E-state index in [1.165, 1.54) is 0 Å². The summed E-state index contributed by atoms with van der Waals surface area (Å²) in [5, 5.41) is 6.99. The second-order valence-corrected chi connectivity index (χ2v) is 5.42. The molecule has 1 fully saturated rings. The van der Waals surface area contributed by atoms with E-state index < -0.39 is 0 Å². The number of carbonyl (C=O) groups is 1. The number of nitrogens with one attached hydrogen (secondary N) is 2. The Hall–Kier alpha value is -1.06. The summed E-state index contributed by atoms with van der Waals surface area (Å²) in [7, 11) is 0. The van der Waals surface area contributed by atoms with Gasteiger partial charge in [-0.2, -0.15) is 0 Å². The predicted octanol–water partition coefficient (Wildman–Crippen LogP) is 2.52. The fourth-order valence-corrected chi connectivity index (χ4v) is 2.45. The van der Waals surface area contributed by atoms with Crippen LogP contribution in [0.25, 0.3) is 0 Å². The monoisotopic (exact) mass is 266 g/mol. The molecular weight excluding hydrogens is 248 g/mol. The lowest BCUT2D eigenvalue weighted by atomic mass is 10.0. The van der Waals surface area contributed by atoms with Crippen LogP contribution in [-0.2, 0) is 4.79 Å². The van der Waals surface area contributed by atoms with Gasteiger partial charge in [0.05, 0.1) is 12.1 Å². The fraction of sp³-hybridized carbons (Fsp3) is 0.500. The SMILES string of the molecule is CC1CCNC1C(=O)N[C@@H](C)c1ccc(Cl)cc1. The van der Waals surface area contributed by atoms with E-state index in [1.807, 2.05) is 31.2 Å². The minimum absolute atomic E-state index is 0.00404. The van der Waals surface area contributed by atoms with Crippen molar-refractivity contribution in [2.24, 2.45) is 5.92 Å². The third-order valence-corrected chi connectivity index (χ3v) is 3.80. The van der Waals surface area contributed by atoms with Gasteiger partial charge in [-0.15, -0.1) is 0 Å². The quantitative estimate of drug-likeness (QED) is 0.883. The number of halogens is 1. The van der Waals surface area contributed by atoms with Crippen molar-refractivity contribution in [3.63, 3.8) is 0 Å². The zero-order valence-electron chi connectivity index (χ0n) is 10.7. The Morgan fingerprint density at radius 2 is 2.11 bits per heavy atom. The highest BCUT2D eigenvalue weighted by Crippen LogP contribution is 2.18. The molecule has 3 nitrogen and oxygen atoms in total. The third kappa shape index (κ3) is 3.03. The molecule has 4 heteroatoms. The van der Waals surface area contributed by atoms with Gasteiger partial charge >= 0.3 is 0 Å². The van der Waals surface area contributed by atoms with Crippen LogP contribution in [0.4, 0.5) is 0 Å². The number of hydrogen-bond acceptors (Lipinski definition) is 2. The summed E-state index contributed by atoms with van der Waals surface area (Å²) in [4.78, 5) is 12.1. The number of carbonyl (C=O) groups excluding carboxylic acids is 1. The van der Waals surface area contributed by atoms with Crippen LogP contribution in [0.3, 0.4) is 0 Å². The summed E-state index contributed by atoms with van der Waals surface area (Å²) in [5.41, 5.74) is 1.07. The molecule has 0 spiro atoms. The molecular formula is C14H19ClN2O. The van der Waals surface area contributed by atoms with Gasteiger partial charge in [0.15, 0.2) is 0 Å². The average Bonchev–Trinajstić information content (AvgIpc) is 2.76. The van der Waals surface area contributed by atoms with E-state index in [9.17, 15) is 4.79 Å². The largest absolute Gasteiger partial charge is 0.348 e. The Bertz CT molecular complexity index is 418. The summed E-state index contributed by atoms with van der Waals surface area (Å²) in [6, 6.07) is 7.52. The van der Waals surface area contributed by atoms with Crippen LogP contribution in [0.1, 0.15) is 31.9 Å². The molecule has 0 saturated carbocycles. The molecule has 0 radical (unpaired) electrons. The van der Waals surface area contributed by atoms with Gasteiger partial charge < -0.3 is 10.6 Å². The lowest BCUT2D eigenvalue weighted by Gasteiger charge is -2.20. The lowest BCUT2D eigenvalue weighted by molar-refractivity contribution is -0.124. The van der Waals surface area contributed by atoms with E-state index in [1.54, 1.807) is 0 Å². The molecule has 2 rings (SSSR count). The Kier molecular flexibility index (Phi) is 4.25. The van der Waals surface area contributed by atoms with Gasteiger partial charge in [-0.1, -0.05) is 30.7 Å². The first-order valence-corrected chi connectivity index (χ1v) is 6.75. The Morgan fingerprint density at radius 3 is 2.67 bits per heavy atom. The summed E-state index contributed by atoms with van der Waals surface area (Å²) in [6.45, 7) is 5.02. The first-order valence-electron chi connectivity index (χ1n) is 6.37. The third-order valence-electron chi connectivity index (χ3n) is 3.54. The van der Waals surface area contributed by atoms with E-state index >= 15 is 0 Å². The molecule has 1 amide bonds. The average molecular weight is 267 g/mol. The van der Waals surface area contributed by atoms with Crippen molar-refractivity contribution in [1.82, 2.24) is 10.6 Å². The van der Waals surface area contributed by atoms with Crippen molar-refractivity contribution in [2.75, 3.05) is 6.54 Å². The van der Waals surface area contributed by atoms with Crippen molar-refractivity contribution in [1.29, 1.82) is 0 Å². The van der Waals surface area contributed by atoms with Gasteiger partial charge in [-0.05, 0) is 43.5 Å². The molecule has 3 atom stereocenters. The van der Waals surface area contributed by atoms with E-state index in [0.29, 0.717) is 10.9 Å². The molecule has 0 aromatic heterocycles. The maximum atomic E-state index is 12.1. The van der Waals surface area contributed by atoms with E-state index in [0.717, 1.165) is 18.5 Å². The fourth-order valence-electron chi connectivity index (χ4n) is 2.32. The first kappa shape index (κ1) is 13.4. The first-order chi connectivity index (χ1) is 8.58. The standard InChI is InChI=1S/C14H19ClN2O/c1-9-7-8-16-13(9)14(18)17-10(2)11-3-5-12(15)6-4-11/h3-6,9-10,13,16H,7-8H2,1-2H3,(H,17,18)/t9?,10-,13?/m0/s1. The maximum absolute atomic E-state index is 12.1. The highest BCUT2D eigenvalue weighted by molar-refractivity contribution is 6.30. The predicted molar refractivity (Wildman–Crippen MR) is 73.6 cm³/mol. The summed E-state index contributed by atoms with van der Waals surface area (Å²) in [6.07, 6.45) is 1.06. The molecule has 1 saturated heterocycles. The molecule has 1 aliphatic rings. The van der Waals surface area contributed by atoms with Gasteiger partial charge in [0, 0.05) is 5.02 Å². The summed E-state index contributed by atoms with van der Waals surface area (Å²) >= 11 is 5.85. The number of hydrogen-bond donors (Lipinski definition) is 2. The van der Waals surface area contributed by atoms with Crippen LogP contribution in [0, 0.1) is 5.92 Å². The number of rotatable bonds is 3. The number of amides is 1. The normalized spacial score (nSPS) is 24.8. The van der Waals surface area contributed by atoms with Crippen LogP contribution in [0.5, 0.6) is 0 Å². The van der Waals surface area contributed by atoms with Gasteiger partial charge in [0.25, 0.3) is 0 Å². The molecule has 2 unspecified atom stereocenters. The van der Waals surface area contributed by atoms with E-state index in [4.69, 9.17) is 11.6 Å². The van der Waals surface area contributed by atoms with Crippen LogP contribution >= 0.6 is 11.6 Å².